The average molecular weight is 275 g/mol. The fourth-order valence-corrected chi connectivity index (χ4v) is 2.23. The molecule has 0 fully saturated rings. The molecule has 19 heavy (non-hydrogen) atoms. The Hall–Kier alpha value is -2.01. The molecule has 0 aliphatic heterocycles. The Morgan fingerprint density at radius 2 is 1.79 bits per heavy atom. The smallest absolute Gasteiger partial charge is 0.313 e. The average Bonchev–Trinajstić information content (AvgIpc) is 2.38. The molecular formula is C14H13NO3S. The van der Waals surface area contributed by atoms with E-state index in [4.69, 9.17) is 5.11 Å². The molecule has 98 valence electrons. The van der Waals surface area contributed by atoms with E-state index < -0.39 is 5.97 Å². The van der Waals surface area contributed by atoms with Gasteiger partial charge in [-0.2, -0.15) is 0 Å². The van der Waals surface area contributed by atoms with Crippen LogP contribution in [-0.4, -0.2) is 28.5 Å². The molecule has 4 nitrogen and oxygen atoms in total. The maximum absolute atomic E-state index is 11.6. The molecule has 0 unspecified atom stereocenters. The number of aliphatic carboxylic acids is 1. The lowest BCUT2D eigenvalue weighted by molar-refractivity contribution is -0.133. The van der Waals surface area contributed by atoms with Crippen LogP contribution in [0.1, 0.15) is 0 Å². The van der Waals surface area contributed by atoms with Crippen molar-refractivity contribution >= 4 is 40.1 Å². The number of benzene rings is 2. The third kappa shape index (κ3) is 3.99. The minimum absolute atomic E-state index is 0.0643. The highest BCUT2D eigenvalue weighted by Crippen LogP contribution is 2.18. The Morgan fingerprint density at radius 1 is 1.05 bits per heavy atom. The maximum atomic E-state index is 11.6. The number of thioether (sulfide) groups is 1. The monoisotopic (exact) mass is 275 g/mol. The highest BCUT2D eigenvalue weighted by molar-refractivity contribution is 8.00. The number of amides is 1. The van der Waals surface area contributed by atoms with Gasteiger partial charge in [-0.05, 0) is 22.9 Å². The predicted octanol–water partition coefficient (Wildman–Crippen LogP) is 2.60. The number of fused-ring (bicyclic) bond motifs is 1. The number of hydrogen-bond donors (Lipinski definition) is 2. The summed E-state index contributed by atoms with van der Waals surface area (Å²) < 4.78 is 0. The van der Waals surface area contributed by atoms with E-state index in [0.717, 1.165) is 28.2 Å². The molecule has 2 aromatic carbocycles. The lowest BCUT2D eigenvalue weighted by Crippen LogP contribution is -2.15. The molecule has 0 aliphatic carbocycles. The van der Waals surface area contributed by atoms with Crippen LogP contribution in [0.2, 0.25) is 0 Å². The van der Waals surface area contributed by atoms with E-state index in [0.29, 0.717) is 0 Å². The minimum Gasteiger partial charge on any atom is -0.481 e. The molecule has 0 aromatic heterocycles. The van der Waals surface area contributed by atoms with Gasteiger partial charge in [-0.15, -0.1) is 11.8 Å². The Kier molecular flexibility index (Phi) is 4.41. The van der Waals surface area contributed by atoms with Gasteiger partial charge in [0, 0.05) is 5.69 Å². The van der Waals surface area contributed by atoms with Crippen LogP contribution in [-0.2, 0) is 9.59 Å². The van der Waals surface area contributed by atoms with Crippen molar-refractivity contribution in [1.82, 2.24) is 0 Å². The number of carboxylic acids is 1. The fraction of sp³-hybridized carbons (Fsp3) is 0.143. The van der Waals surface area contributed by atoms with E-state index >= 15 is 0 Å². The van der Waals surface area contributed by atoms with Gasteiger partial charge in [0.1, 0.15) is 0 Å². The maximum Gasteiger partial charge on any atom is 0.313 e. The van der Waals surface area contributed by atoms with Gasteiger partial charge in [-0.3, -0.25) is 9.59 Å². The molecule has 5 heteroatoms. The van der Waals surface area contributed by atoms with Crippen LogP contribution in [0.4, 0.5) is 5.69 Å². The molecule has 1 amide bonds. The zero-order chi connectivity index (χ0) is 13.7. The standard InChI is InChI=1S/C14H13NO3S/c16-13(8-19-9-14(17)18)15-12-6-5-10-3-1-2-4-11(10)7-12/h1-7H,8-9H2,(H,15,16)(H,17,18). The second kappa shape index (κ2) is 6.24. The van der Waals surface area contributed by atoms with E-state index in [1.807, 2.05) is 42.5 Å². The Labute approximate surface area is 114 Å². The Balaban J connectivity index is 1.97. The summed E-state index contributed by atoms with van der Waals surface area (Å²) in [4.78, 5) is 21.9. The van der Waals surface area contributed by atoms with E-state index in [-0.39, 0.29) is 17.4 Å². The van der Waals surface area contributed by atoms with Crippen molar-refractivity contribution in [3.05, 3.63) is 42.5 Å². The van der Waals surface area contributed by atoms with Crippen molar-refractivity contribution in [3.8, 4) is 0 Å². The van der Waals surface area contributed by atoms with Crippen molar-refractivity contribution in [3.63, 3.8) is 0 Å². The summed E-state index contributed by atoms with van der Waals surface area (Å²) in [6.45, 7) is 0. The Bertz CT molecular complexity index is 612. The van der Waals surface area contributed by atoms with Crippen LogP contribution in [0.25, 0.3) is 10.8 Å². The summed E-state index contributed by atoms with van der Waals surface area (Å²) in [5.41, 5.74) is 0.722. The van der Waals surface area contributed by atoms with Crippen LogP contribution in [0.3, 0.4) is 0 Å². The van der Waals surface area contributed by atoms with Gasteiger partial charge < -0.3 is 10.4 Å². The first-order valence-electron chi connectivity index (χ1n) is 5.73. The molecule has 0 atom stereocenters. The summed E-state index contributed by atoms with van der Waals surface area (Å²) in [5, 5.41) is 13.4. The number of nitrogens with one attached hydrogen (secondary N) is 1. The van der Waals surface area contributed by atoms with Crippen LogP contribution in [0.5, 0.6) is 0 Å². The molecule has 0 saturated heterocycles. The van der Waals surface area contributed by atoms with E-state index in [1.165, 1.54) is 0 Å². The molecule has 2 rings (SSSR count). The van der Waals surface area contributed by atoms with Gasteiger partial charge >= 0.3 is 5.97 Å². The number of hydrogen-bond acceptors (Lipinski definition) is 3. The first kappa shape index (κ1) is 13.4. The van der Waals surface area contributed by atoms with Gasteiger partial charge in [0.25, 0.3) is 0 Å². The highest BCUT2D eigenvalue weighted by Gasteiger charge is 2.05. The molecule has 2 aromatic rings. The number of rotatable bonds is 5. The zero-order valence-corrected chi connectivity index (χ0v) is 10.9. The number of carbonyl (C=O) groups is 2. The van der Waals surface area contributed by atoms with Crippen molar-refractivity contribution in [2.45, 2.75) is 0 Å². The topological polar surface area (TPSA) is 66.4 Å². The lowest BCUT2D eigenvalue weighted by atomic mass is 10.1. The fourth-order valence-electron chi connectivity index (χ4n) is 1.70. The molecule has 0 saturated carbocycles. The van der Waals surface area contributed by atoms with Gasteiger partial charge in [-0.25, -0.2) is 0 Å². The lowest BCUT2D eigenvalue weighted by Gasteiger charge is -2.06. The van der Waals surface area contributed by atoms with Crippen LogP contribution in [0, 0.1) is 0 Å². The third-order valence-corrected chi connectivity index (χ3v) is 3.41. The summed E-state index contributed by atoms with van der Waals surface area (Å²) in [6, 6.07) is 13.6. The van der Waals surface area contributed by atoms with E-state index in [9.17, 15) is 9.59 Å². The van der Waals surface area contributed by atoms with Crippen molar-refractivity contribution < 1.29 is 14.7 Å². The van der Waals surface area contributed by atoms with E-state index in [1.54, 1.807) is 0 Å². The molecule has 0 aliphatic rings. The number of carbonyl (C=O) groups excluding carboxylic acids is 1. The first-order valence-corrected chi connectivity index (χ1v) is 6.89. The van der Waals surface area contributed by atoms with Crippen LogP contribution in [0.15, 0.2) is 42.5 Å². The van der Waals surface area contributed by atoms with Gasteiger partial charge in [0.05, 0.1) is 11.5 Å². The normalized spacial score (nSPS) is 10.3. The van der Waals surface area contributed by atoms with Crippen LogP contribution < -0.4 is 5.32 Å². The zero-order valence-electron chi connectivity index (χ0n) is 10.1. The summed E-state index contributed by atoms with van der Waals surface area (Å²) >= 11 is 1.08. The first-order chi connectivity index (χ1) is 9.15. The third-order valence-electron chi connectivity index (χ3n) is 2.49. The number of carboxylic acid groups (broad SMARTS) is 1. The SMILES string of the molecule is O=C(O)CSCC(=O)Nc1ccc2ccccc2c1. The van der Waals surface area contributed by atoms with Gasteiger partial charge in [0.2, 0.25) is 5.91 Å². The minimum atomic E-state index is -0.913. The van der Waals surface area contributed by atoms with Crippen molar-refractivity contribution in [2.75, 3.05) is 16.8 Å². The van der Waals surface area contributed by atoms with Crippen molar-refractivity contribution in [1.29, 1.82) is 0 Å². The molecular weight excluding hydrogens is 262 g/mol. The largest absolute Gasteiger partial charge is 0.481 e. The predicted molar refractivity (Wildman–Crippen MR) is 77.5 cm³/mol. The molecule has 0 bridgehead atoms. The molecule has 0 radical (unpaired) electrons. The van der Waals surface area contributed by atoms with Crippen molar-refractivity contribution in [2.24, 2.45) is 0 Å². The second-order valence-corrected chi connectivity index (χ2v) is 4.98. The molecule has 0 heterocycles. The van der Waals surface area contributed by atoms with Crippen LogP contribution >= 0.6 is 11.8 Å². The summed E-state index contributed by atoms with van der Waals surface area (Å²) in [5.74, 6) is -1.03. The molecule has 2 N–H and O–H groups in total. The van der Waals surface area contributed by atoms with Gasteiger partial charge in [-0.1, -0.05) is 30.3 Å². The second-order valence-electron chi connectivity index (χ2n) is 4.00. The number of anilines is 1. The highest BCUT2D eigenvalue weighted by atomic mass is 32.2. The summed E-state index contributed by atoms with van der Waals surface area (Å²) in [6.07, 6.45) is 0. The quantitative estimate of drug-likeness (QED) is 0.880. The van der Waals surface area contributed by atoms with E-state index in [2.05, 4.69) is 5.32 Å². The summed E-state index contributed by atoms with van der Waals surface area (Å²) in [7, 11) is 0. The Morgan fingerprint density at radius 3 is 2.53 bits per heavy atom. The van der Waals surface area contributed by atoms with Gasteiger partial charge in [0.15, 0.2) is 0 Å². The molecule has 0 spiro atoms.